The number of aryl methyl sites for hydroxylation is 1. The summed E-state index contributed by atoms with van der Waals surface area (Å²) in [5, 5.41) is 0.867. The predicted octanol–water partition coefficient (Wildman–Crippen LogP) is 5.45. The van der Waals surface area contributed by atoms with Gasteiger partial charge in [-0.25, -0.2) is 0 Å². The van der Waals surface area contributed by atoms with Gasteiger partial charge in [-0.2, -0.15) is 0 Å². The standard InChI is InChI=1S/C16H24S/c1-3-6-14-7-4-5-8-16(14)17-15-11-9-13(2)10-12-15/h9-12,14,16H,3-8H2,1-2H3. The lowest BCUT2D eigenvalue weighted by Crippen LogP contribution is -2.21. The highest BCUT2D eigenvalue weighted by molar-refractivity contribution is 8.00. The lowest BCUT2D eigenvalue weighted by Gasteiger charge is -2.31. The second-order valence-corrected chi connectivity index (χ2v) is 6.62. The van der Waals surface area contributed by atoms with Gasteiger partial charge < -0.3 is 0 Å². The van der Waals surface area contributed by atoms with E-state index >= 15 is 0 Å². The van der Waals surface area contributed by atoms with Crippen LogP contribution in [0.15, 0.2) is 29.2 Å². The summed E-state index contributed by atoms with van der Waals surface area (Å²) < 4.78 is 0. The number of rotatable bonds is 4. The second kappa shape index (κ2) is 6.49. The summed E-state index contributed by atoms with van der Waals surface area (Å²) >= 11 is 2.12. The van der Waals surface area contributed by atoms with E-state index in [4.69, 9.17) is 0 Å². The first kappa shape index (κ1) is 13.0. The first-order valence-corrected chi connectivity index (χ1v) is 7.91. The highest BCUT2D eigenvalue weighted by Gasteiger charge is 2.24. The molecule has 0 N–H and O–H groups in total. The van der Waals surface area contributed by atoms with Crippen LogP contribution in [0.5, 0.6) is 0 Å². The van der Waals surface area contributed by atoms with Crippen LogP contribution >= 0.6 is 11.8 Å². The van der Waals surface area contributed by atoms with Crippen LogP contribution in [0.1, 0.15) is 51.0 Å². The average molecular weight is 248 g/mol. The molecule has 0 amide bonds. The van der Waals surface area contributed by atoms with E-state index < -0.39 is 0 Å². The van der Waals surface area contributed by atoms with Gasteiger partial charge in [-0.05, 0) is 44.2 Å². The van der Waals surface area contributed by atoms with E-state index in [9.17, 15) is 0 Å². The zero-order chi connectivity index (χ0) is 12.1. The molecular formula is C16H24S. The molecule has 0 saturated heterocycles. The molecule has 17 heavy (non-hydrogen) atoms. The molecule has 1 aromatic rings. The molecule has 1 aliphatic rings. The van der Waals surface area contributed by atoms with Gasteiger partial charge in [0.15, 0.2) is 0 Å². The van der Waals surface area contributed by atoms with Gasteiger partial charge in [0.05, 0.1) is 0 Å². The number of thioether (sulfide) groups is 1. The number of hydrogen-bond donors (Lipinski definition) is 0. The summed E-state index contributed by atoms with van der Waals surface area (Å²) in [5.41, 5.74) is 1.36. The Morgan fingerprint density at radius 2 is 1.82 bits per heavy atom. The maximum atomic E-state index is 2.32. The van der Waals surface area contributed by atoms with Crippen LogP contribution in [0.4, 0.5) is 0 Å². The quantitative estimate of drug-likeness (QED) is 0.683. The van der Waals surface area contributed by atoms with E-state index in [-0.39, 0.29) is 0 Å². The molecule has 0 radical (unpaired) electrons. The lowest BCUT2D eigenvalue weighted by molar-refractivity contribution is 0.348. The van der Waals surface area contributed by atoms with Crippen LogP contribution in [-0.4, -0.2) is 5.25 Å². The van der Waals surface area contributed by atoms with Crippen LogP contribution in [0.25, 0.3) is 0 Å². The third-order valence-corrected chi connectivity index (χ3v) is 5.27. The van der Waals surface area contributed by atoms with Crippen molar-refractivity contribution in [2.24, 2.45) is 5.92 Å². The molecule has 0 nitrogen and oxygen atoms in total. The summed E-state index contributed by atoms with van der Waals surface area (Å²) in [5.74, 6) is 0.958. The molecular weight excluding hydrogens is 224 g/mol. The molecule has 0 heterocycles. The zero-order valence-corrected chi connectivity index (χ0v) is 11.9. The molecule has 1 fully saturated rings. The third-order valence-electron chi connectivity index (χ3n) is 3.81. The van der Waals surface area contributed by atoms with E-state index in [0.29, 0.717) is 0 Å². The highest BCUT2D eigenvalue weighted by Crippen LogP contribution is 2.39. The van der Waals surface area contributed by atoms with Gasteiger partial charge in [0.2, 0.25) is 0 Å². The van der Waals surface area contributed by atoms with Gasteiger partial charge in [-0.3, -0.25) is 0 Å². The van der Waals surface area contributed by atoms with E-state index in [0.717, 1.165) is 11.2 Å². The fourth-order valence-corrected chi connectivity index (χ4v) is 4.21. The largest absolute Gasteiger partial charge is 0.122 e. The molecule has 1 aliphatic carbocycles. The van der Waals surface area contributed by atoms with Gasteiger partial charge >= 0.3 is 0 Å². The molecule has 1 saturated carbocycles. The van der Waals surface area contributed by atoms with Crippen LogP contribution in [-0.2, 0) is 0 Å². The average Bonchev–Trinajstić information content (AvgIpc) is 2.35. The van der Waals surface area contributed by atoms with Gasteiger partial charge in [0.1, 0.15) is 0 Å². The van der Waals surface area contributed by atoms with E-state index in [1.807, 2.05) is 0 Å². The SMILES string of the molecule is CCCC1CCCCC1Sc1ccc(C)cc1. The maximum Gasteiger partial charge on any atom is 0.0123 e. The highest BCUT2D eigenvalue weighted by atomic mass is 32.2. The normalized spacial score (nSPS) is 24.8. The Bertz CT molecular complexity index is 326. The molecule has 1 aromatic carbocycles. The molecule has 0 spiro atoms. The first-order chi connectivity index (χ1) is 8.29. The zero-order valence-electron chi connectivity index (χ0n) is 11.1. The van der Waals surface area contributed by atoms with Crippen molar-refractivity contribution in [2.75, 3.05) is 0 Å². The second-order valence-electron chi connectivity index (χ2n) is 5.30. The van der Waals surface area contributed by atoms with Crippen molar-refractivity contribution in [1.29, 1.82) is 0 Å². The van der Waals surface area contributed by atoms with Crippen LogP contribution < -0.4 is 0 Å². The minimum atomic E-state index is 0.867. The molecule has 0 aromatic heterocycles. The maximum absolute atomic E-state index is 2.32. The Balaban J connectivity index is 1.97. The van der Waals surface area contributed by atoms with Crippen LogP contribution in [0, 0.1) is 12.8 Å². The van der Waals surface area contributed by atoms with Gasteiger partial charge in [0.25, 0.3) is 0 Å². The number of hydrogen-bond acceptors (Lipinski definition) is 1. The van der Waals surface area contributed by atoms with Crippen molar-refractivity contribution >= 4 is 11.8 Å². The Hall–Kier alpha value is -0.430. The molecule has 2 atom stereocenters. The van der Waals surface area contributed by atoms with Crippen molar-refractivity contribution in [1.82, 2.24) is 0 Å². The van der Waals surface area contributed by atoms with Gasteiger partial charge in [-0.1, -0.05) is 43.9 Å². The molecule has 2 rings (SSSR count). The van der Waals surface area contributed by atoms with E-state index in [1.165, 1.54) is 49.0 Å². The van der Waals surface area contributed by atoms with E-state index in [1.54, 1.807) is 0 Å². The van der Waals surface area contributed by atoms with Crippen molar-refractivity contribution in [3.63, 3.8) is 0 Å². The van der Waals surface area contributed by atoms with Crippen LogP contribution in [0.2, 0.25) is 0 Å². The van der Waals surface area contributed by atoms with Gasteiger partial charge in [-0.15, -0.1) is 11.8 Å². The van der Waals surface area contributed by atoms with E-state index in [2.05, 4.69) is 49.9 Å². The summed E-state index contributed by atoms with van der Waals surface area (Å²) in [6, 6.07) is 9.05. The van der Waals surface area contributed by atoms with Crippen molar-refractivity contribution in [3.8, 4) is 0 Å². The topological polar surface area (TPSA) is 0 Å². The van der Waals surface area contributed by atoms with Crippen molar-refractivity contribution in [2.45, 2.75) is 62.5 Å². The fourth-order valence-electron chi connectivity index (χ4n) is 2.82. The summed E-state index contributed by atoms with van der Waals surface area (Å²) in [7, 11) is 0. The Kier molecular flexibility index (Phi) is 4.97. The van der Waals surface area contributed by atoms with Crippen molar-refractivity contribution < 1.29 is 0 Å². The predicted molar refractivity (Wildman–Crippen MR) is 77.7 cm³/mol. The summed E-state index contributed by atoms with van der Waals surface area (Å²) in [4.78, 5) is 1.46. The fraction of sp³-hybridized carbons (Fsp3) is 0.625. The summed E-state index contributed by atoms with van der Waals surface area (Å²) in [6.07, 6.45) is 8.53. The molecule has 1 heteroatoms. The molecule has 0 aliphatic heterocycles. The minimum Gasteiger partial charge on any atom is -0.122 e. The summed E-state index contributed by atoms with van der Waals surface area (Å²) in [6.45, 7) is 4.48. The smallest absolute Gasteiger partial charge is 0.0123 e. The molecule has 0 bridgehead atoms. The van der Waals surface area contributed by atoms with Crippen molar-refractivity contribution in [3.05, 3.63) is 29.8 Å². The lowest BCUT2D eigenvalue weighted by atomic mass is 9.86. The molecule has 2 unspecified atom stereocenters. The monoisotopic (exact) mass is 248 g/mol. The minimum absolute atomic E-state index is 0.867. The molecule has 94 valence electrons. The number of benzene rings is 1. The third kappa shape index (κ3) is 3.77. The first-order valence-electron chi connectivity index (χ1n) is 7.03. The van der Waals surface area contributed by atoms with Gasteiger partial charge in [0, 0.05) is 10.1 Å². The van der Waals surface area contributed by atoms with Crippen LogP contribution in [0.3, 0.4) is 0 Å². The Morgan fingerprint density at radius 3 is 2.53 bits per heavy atom. The Labute approximate surface area is 110 Å². The Morgan fingerprint density at radius 1 is 1.12 bits per heavy atom.